The molecule has 0 saturated carbocycles. The third-order valence-corrected chi connectivity index (χ3v) is 13.7. The molecule has 2 nitrogen and oxygen atoms in total. The lowest BCUT2D eigenvalue weighted by molar-refractivity contribution is 1.17. The topological polar surface area (TPSA) is 8.17 Å². The highest BCUT2D eigenvalue weighted by Crippen LogP contribution is 2.54. The summed E-state index contributed by atoms with van der Waals surface area (Å²) in [5.41, 5.74) is 12.0. The van der Waals surface area contributed by atoms with E-state index in [2.05, 4.69) is 228 Å². The van der Waals surface area contributed by atoms with Crippen LogP contribution in [0.4, 0.5) is 17.1 Å². The van der Waals surface area contributed by atoms with Gasteiger partial charge in [-0.1, -0.05) is 157 Å². The van der Waals surface area contributed by atoms with Gasteiger partial charge in [0.05, 0.1) is 28.1 Å². The first-order chi connectivity index (χ1) is 30.2. The van der Waals surface area contributed by atoms with Gasteiger partial charge in [-0.05, 0) is 133 Å². The number of rotatable bonds is 4. The van der Waals surface area contributed by atoms with Gasteiger partial charge in [0.2, 0.25) is 0 Å². The standard InChI is InChI=1S/C58H36N2S/c1-2-13-39-29-45(24-23-37(39)11-1)40-19-9-20-48(30-40)59-54-28-26-47(36-57(54)61-58-35-44-17-6-5-16-43(44)34-56(58)59)46-25-27-53-50(32-46)51-31-41-14-3-4-15-42(41)33-55(51)60(53)52-22-10-18-38-12-7-8-21-49(38)52/h1-36H. The number of hydrogen-bond donors (Lipinski definition) is 0. The quantitative estimate of drug-likeness (QED) is 0.175. The molecule has 61 heavy (non-hydrogen) atoms. The van der Waals surface area contributed by atoms with Crippen LogP contribution in [-0.2, 0) is 0 Å². The average Bonchev–Trinajstić information content (AvgIpc) is 3.63. The minimum absolute atomic E-state index is 1.14. The third kappa shape index (κ3) is 5.51. The Hall–Kier alpha value is -7.59. The molecule has 284 valence electrons. The highest BCUT2D eigenvalue weighted by molar-refractivity contribution is 7.99. The molecule has 0 spiro atoms. The third-order valence-electron chi connectivity index (χ3n) is 12.6. The van der Waals surface area contributed by atoms with Gasteiger partial charge in [-0.2, -0.15) is 0 Å². The molecule has 1 aromatic heterocycles. The van der Waals surface area contributed by atoms with Crippen molar-refractivity contribution in [1.82, 2.24) is 4.57 Å². The normalized spacial score (nSPS) is 12.5. The molecular weight excluding hydrogens is 757 g/mol. The Morgan fingerprint density at radius 1 is 0.279 bits per heavy atom. The van der Waals surface area contributed by atoms with Crippen molar-refractivity contribution in [1.29, 1.82) is 0 Å². The largest absolute Gasteiger partial charge is 0.309 e. The molecule has 0 fully saturated rings. The molecule has 0 bridgehead atoms. The van der Waals surface area contributed by atoms with Gasteiger partial charge in [0.25, 0.3) is 0 Å². The van der Waals surface area contributed by atoms with Crippen LogP contribution in [0.2, 0.25) is 0 Å². The van der Waals surface area contributed by atoms with Crippen LogP contribution >= 0.6 is 11.8 Å². The second-order valence-electron chi connectivity index (χ2n) is 16.2. The minimum Gasteiger partial charge on any atom is -0.309 e. The van der Waals surface area contributed by atoms with E-state index in [1.807, 2.05) is 11.8 Å². The predicted octanol–water partition coefficient (Wildman–Crippen LogP) is 16.7. The lowest BCUT2D eigenvalue weighted by Crippen LogP contribution is -2.15. The molecule has 0 atom stereocenters. The molecule has 1 aliphatic rings. The Morgan fingerprint density at radius 3 is 1.69 bits per heavy atom. The Bertz CT molecular complexity index is 3760. The van der Waals surface area contributed by atoms with E-state index >= 15 is 0 Å². The van der Waals surface area contributed by atoms with Crippen LogP contribution < -0.4 is 4.90 Å². The lowest BCUT2D eigenvalue weighted by atomic mass is 9.99. The number of aromatic nitrogens is 1. The number of benzene rings is 11. The fourth-order valence-corrected chi connectivity index (χ4v) is 10.8. The molecule has 0 radical (unpaired) electrons. The number of anilines is 3. The summed E-state index contributed by atoms with van der Waals surface area (Å²) in [7, 11) is 0. The van der Waals surface area contributed by atoms with Crippen LogP contribution in [0, 0.1) is 0 Å². The first kappa shape index (κ1) is 34.3. The van der Waals surface area contributed by atoms with E-state index in [4.69, 9.17) is 0 Å². The Balaban J connectivity index is 0.980. The Labute approximate surface area is 357 Å². The van der Waals surface area contributed by atoms with E-state index in [0.717, 1.165) is 5.69 Å². The van der Waals surface area contributed by atoms with Gasteiger partial charge in [-0.25, -0.2) is 0 Å². The van der Waals surface area contributed by atoms with Crippen molar-refractivity contribution in [2.24, 2.45) is 0 Å². The zero-order chi connectivity index (χ0) is 40.0. The molecule has 0 unspecified atom stereocenters. The molecular formula is C58H36N2S. The summed E-state index contributed by atoms with van der Waals surface area (Å²) in [6.45, 7) is 0. The van der Waals surface area contributed by atoms with Crippen LogP contribution in [0.5, 0.6) is 0 Å². The zero-order valence-electron chi connectivity index (χ0n) is 33.1. The second-order valence-corrected chi connectivity index (χ2v) is 17.3. The highest BCUT2D eigenvalue weighted by Gasteiger charge is 2.27. The van der Waals surface area contributed by atoms with Gasteiger partial charge >= 0.3 is 0 Å². The van der Waals surface area contributed by atoms with Gasteiger partial charge in [-0.3, -0.25) is 0 Å². The Kier molecular flexibility index (Phi) is 7.57. The van der Waals surface area contributed by atoms with Crippen molar-refractivity contribution in [3.8, 4) is 27.9 Å². The zero-order valence-corrected chi connectivity index (χ0v) is 33.9. The van der Waals surface area contributed by atoms with E-state index in [9.17, 15) is 0 Å². The van der Waals surface area contributed by atoms with E-state index in [1.165, 1.54) is 114 Å². The highest BCUT2D eigenvalue weighted by atomic mass is 32.2. The van der Waals surface area contributed by atoms with Crippen molar-refractivity contribution in [2.45, 2.75) is 9.79 Å². The minimum atomic E-state index is 1.14. The van der Waals surface area contributed by atoms with Crippen LogP contribution in [0.25, 0.3) is 92.8 Å². The summed E-state index contributed by atoms with van der Waals surface area (Å²) in [6, 6.07) is 80.8. The summed E-state index contributed by atoms with van der Waals surface area (Å²) in [5, 5.41) is 12.5. The van der Waals surface area contributed by atoms with Gasteiger partial charge in [0.15, 0.2) is 0 Å². The first-order valence-corrected chi connectivity index (χ1v) is 21.7. The van der Waals surface area contributed by atoms with Gasteiger partial charge < -0.3 is 9.47 Å². The van der Waals surface area contributed by atoms with Gasteiger partial charge in [0, 0.05) is 31.6 Å². The maximum atomic E-state index is 2.47. The summed E-state index contributed by atoms with van der Waals surface area (Å²) in [4.78, 5) is 4.95. The van der Waals surface area contributed by atoms with E-state index in [1.54, 1.807) is 0 Å². The lowest BCUT2D eigenvalue weighted by Gasteiger charge is -2.34. The van der Waals surface area contributed by atoms with Crippen molar-refractivity contribution < 1.29 is 0 Å². The van der Waals surface area contributed by atoms with E-state index in [0.29, 0.717) is 0 Å². The summed E-state index contributed by atoms with van der Waals surface area (Å²) < 4.78 is 2.47. The van der Waals surface area contributed by atoms with Crippen molar-refractivity contribution in [3.05, 3.63) is 218 Å². The van der Waals surface area contributed by atoms with E-state index in [-0.39, 0.29) is 0 Å². The number of nitrogens with zero attached hydrogens (tertiary/aromatic N) is 2. The van der Waals surface area contributed by atoms with Crippen molar-refractivity contribution >= 4 is 93.7 Å². The molecule has 1 aliphatic heterocycles. The molecule has 0 aliphatic carbocycles. The smallest absolute Gasteiger partial charge is 0.0608 e. The summed E-state index contributed by atoms with van der Waals surface area (Å²) >= 11 is 1.87. The molecule has 0 saturated heterocycles. The predicted molar refractivity (Wildman–Crippen MR) is 260 cm³/mol. The van der Waals surface area contributed by atoms with Crippen molar-refractivity contribution in [3.63, 3.8) is 0 Å². The average molecular weight is 793 g/mol. The summed E-state index contributed by atoms with van der Waals surface area (Å²) in [6.07, 6.45) is 0. The van der Waals surface area contributed by atoms with Crippen LogP contribution in [0.1, 0.15) is 0 Å². The summed E-state index contributed by atoms with van der Waals surface area (Å²) in [5.74, 6) is 0. The maximum Gasteiger partial charge on any atom is 0.0608 e. The number of hydrogen-bond acceptors (Lipinski definition) is 2. The Morgan fingerprint density at radius 2 is 0.852 bits per heavy atom. The molecule has 2 heterocycles. The van der Waals surface area contributed by atoms with Crippen LogP contribution in [0.3, 0.4) is 0 Å². The van der Waals surface area contributed by atoms with Crippen LogP contribution in [-0.4, -0.2) is 4.57 Å². The first-order valence-electron chi connectivity index (χ1n) is 20.9. The molecule has 13 rings (SSSR count). The monoisotopic (exact) mass is 792 g/mol. The van der Waals surface area contributed by atoms with E-state index < -0.39 is 0 Å². The molecule has 12 aromatic rings. The second kappa shape index (κ2) is 13.5. The number of fused-ring (bicyclic) bond motifs is 9. The molecule has 11 aromatic carbocycles. The van der Waals surface area contributed by atoms with Crippen LogP contribution in [0.15, 0.2) is 228 Å². The SMILES string of the molecule is c1cc(-c2ccc3ccccc3c2)cc(N2c3ccc(-c4ccc5c(c4)c4cc6ccccc6cc4n5-c4cccc5ccccc45)cc3Sc3cc4ccccc4cc32)c1. The maximum absolute atomic E-state index is 2.47. The molecule has 3 heteroatoms. The fourth-order valence-electron chi connectivity index (χ4n) is 9.69. The fraction of sp³-hybridized carbons (Fsp3) is 0. The van der Waals surface area contributed by atoms with Gasteiger partial charge in [-0.15, -0.1) is 0 Å². The van der Waals surface area contributed by atoms with Crippen molar-refractivity contribution in [2.75, 3.05) is 4.90 Å². The van der Waals surface area contributed by atoms with Gasteiger partial charge in [0.1, 0.15) is 0 Å². The molecule has 0 N–H and O–H groups in total. The molecule has 0 amide bonds.